The molecule has 1 heterocycles. The number of furan rings is 1. The van der Waals surface area contributed by atoms with Gasteiger partial charge < -0.3 is 9.52 Å². The zero-order valence-corrected chi connectivity index (χ0v) is 6.53. The van der Waals surface area contributed by atoms with Crippen molar-refractivity contribution in [2.45, 2.75) is 19.4 Å². The largest absolute Gasteiger partial charge is 0.465 e. The van der Waals surface area contributed by atoms with Gasteiger partial charge in [0.15, 0.2) is 0 Å². The summed E-state index contributed by atoms with van der Waals surface area (Å²) in [6.07, 6.45) is 5.47. The van der Waals surface area contributed by atoms with E-state index in [9.17, 15) is 0 Å². The van der Waals surface area contributed by atoms with Crippen LogP contribution in [0.3, 0.4) is 0 Å². The van der Waals surface area contributed by atoms with Crippen molar-refractivity contribution in [3.05, 3.63) is 30.2 Å². The van der Waals surface area contributed by atoms with E-state index in [0.717, 1.165) is 12.2 Å². The Hall–Kier alpha value is -1.02. The molecule has 0 saturated carbocycles. The quantitative estimate of drug-likeness (QED) is 0.719. The van der Waals surface area contributed by atoms with Crippen LogP contribution in [-0.2, 0) is 0 Å². The van der Waals surface area contributed by atoms with E-state index < -0.39 is 0 Å². The van der Waals surface area contributed by atoms with Gasteiger partial charge in [0.05, 0.1) is 12.4 Å². The lowest BCUT2D eigenvalue weighted by molar-refractivity contribution is 0.220. The molecule has 60 valence electrons. The SMILES string of the molecule is CCC(O)/C=C/c1ccco1. The van der Waals surface area contributed by atoms with E-state index in [1.165, 1.54) is 0 Å². The second-order valence-electron chi connectivity index (χ2n) is 2.35. The van der Waals surface area contributed by atoms with E-state index in [2.05, 4.69) is 0 Å². The molecule has 2 heteroatoms. The summed E-state index contributed by atoms with van der Waals surface area (Å²) in [7, 11) is 0. The van der Waals surface area contributed by atoms with E-state index in [4.69, 9.17) is 9.52 Å². The smallest absolute Gasteiger partial charge is 0.126 e. The molecular weight excluding hydrogens is 140 g/mol. The number of aliphatic hydroxyl groups excluding tert-OH is 1. The minimum Gasteiger partial charge on any atom is -0.465 e. The Bertz CT molecular complexity index is 211. The van der Waals surface area contributed by atoms with Crippen molar-refractivity contribution in [1.82, 2.24) is 0 Å². The van der Waals surface area contributed by atoms with Gasteiger partial charge in [-0.3, -0.25) is 0 Å². The minimum absolute atomic E-state index is 0.361. The van der Waals surface area contributed by atoms with E-state index in [-0.39, 0.29) is 6.10 Å². The monoisotopic (exact) mass is 152 g/mol. The van der Waals surface area contributed by atoms with Crippen molar-refractivity contribution in [3.63, 3.8) is 0 Å². The van der Waals surface area contributed by atoms with Gasteiger partial charge in [-0.25, -0.2) is 0 Å². The Labute approximate surface area is 66.2 Å². The molecule has 2 nitrogen and oxygen atoms in total. The lowest BCUT2D eigenvalue weighted by Gasteiger charge is -1.96. The summed E-state index contributed by atoms with van der Waals surface area (Å²) in [4.78, 5) is 0. The molecule has 0 saturated heterocycles. The maximum Gasteiger partial charge on any atom is 0.126 e. The highest BCUT2D eigenvalue weighted by molar-refractivity contribution is 5.42. The van der Waals surface area contributed by atoms with Gasteiger partial charge in [0, 0.05) is 0 Å². The van der Waals surface area contributed by atoms with Gasteiger partial charge in [0.25, 0.3) is 0 Å². The first kappa shape index (κ1) is 8.08. The maximum absolute atomic E-state index is 9.13. The van der Waals surface area contributed by atoms with E-state index >= 15 is 0 Å². The van der Waals surface area contributed by atoms with Crippen molar-refractivity contribution < 1.29 is 9.52 Å². The van der Waals surface area contributed by atoms with Crippen molar-refractivity contribution >= 4 is 6.08 Å². The Kier molecular flexibility index (Phi) is 2.93. The van der Waals surface area contributed by atoms with Gasteiger partial charge >= 0.3 is 0 Å². The molecule has 1 atom stereocenters. The van der Waals surface area contributed by atoms with Crippen LogP contribution in [0.1, 0.15) is 19.1 Å². The van der Waals surface area contributed by atoms with Crippen molar-refractivity contribution in [2.75, 3.05) is 0 Å². The van der Waals surface area contributed by atoms with Gasteiger partial charge in [0.2, 0.25) is 0 Å². The molecule has 0 aliphatic carbocycles. The summed E-state index contributed by atoms with van der Waals surface area (Å²) in [5.74, 6) is 0.775. The molecule has 1 aromatic heterocycles. The predicted octanol–water partition coefficient (Wildman–Crippen LogP) is 2.06. The van der Waals surface area contributed by atoms with E-state index in [0.29, 0.717) is 0 Å². The van der Waals surface area contributed by atoms with Gasteiger partial charge in [0.1, 0.15) is 5.76 Å². The Balaban J connectivity index is 2.48. The third-order valence-corrected chi connectivity index (χ3v) is 1.44. The maximum atomic E-state index is 9.13. The lowest BCUT2D eigenvalue weighted by atomic mass is 10.2. The molecule has 1 unspecified atom stereocenters. The average Bonchev–Trinajstić information content (AvgIpc) is 2.52. The van der Waals surface area contributed by atoms with Crippen molar-refractivity contribution in [2.24, 2.45) is 0 Å². The van der Waals surface area contributed by atoms with Crippen LogP contribution in [-0.4, -0.2) is 11.2 Å². The zero-order valence-electron chi connectivity index (χ0n) is 6.53. The standard InChI is InChI=1S/C9H12O2/c1-2-8(10)5-6-9-4-3-7-11-9/h3-8,10H,2H2,1H3/b6-5+. The predicted molar refractivity (Wildman–Crippen MR) is 44.0 cm³/mol. The molecule has 0 aliphatic heterocycles. The molecular formula is C9H12O2. The number of hydrogen-bond acceptors (Lipinski definition) is 2. The second kappa shape index (κ2) is 3.98. The van der Waals surface area contributed by atoms with Gasteiger partial charge in [-0.1, -0.05) is 13.0 Å². The highest BCUT2D eigenvalue weighted by Gasteiger charge is 1.93. The fraction of sp³-hybridized carbons (Fsp3) is 0.333. The Morgan fingerprint density at radius 3 is 3.09 bits per heavy atom. The molecule has 0 aliphatic rings. The van der Waals surface area contributed by atoms with Gasteiger partial charge in [-0.15, -0.1) is 0 Å². The first-order valence-corrected chi connectivity index (χ1v) is 3.72. The van der Waals surface area contributed by atoms with Crippen LogP contribution >= 0.6 is 0 Å². The summed E-state index contributed by atoms with van der Waals surface area (Å²) in [6, 6.07) is 3.66. The van der Waals surface area contributed by atoms with Gasteiger partial charge in [-0.05, 0) is 24.6 Å². The van der Waals surface area contributed by atoms with Crippen LogP contribution in [0.5, 0.6) is 0 Å². The minimum atomic E-state index is -0.361. The topological polar surface area (TPSA) is 33.4 Å². The van der Waals surface area contributed by atoms with Crippen LogP contribution < -0.4 is 0 Å². The fourth-order valence-electron chi connectivity index (χ4n) is 0.728. The number of hydrogen-bond donors (Lipinski definition) is 1. The molecule has 0 fully saturated rings. The molecule has 0 bridgehead atoms. The lowest BCUT2D eigenvalue weighted by Crippen LogP contribution is -1.97. The molecule has 0 amide bonds. The third kappa shape index (κ3) is 2.60. The van der Waals surface area contributed by atoms with Crippen molar-refractivity contribution in [3.8, 4) is 0 Å². The van der Waals surface area contributed by atoms with Crippen LogP contribution in [0.15, 0.2) is 28.9 Å². The zero-order chi connectivity index (χ0) is 8.10. The summed E-state index contributed by atoms with van der Waals surface area (Å²) in [5.41, 5.74) is 0. The van der Waals surface area contributed by atoms with Crippen LogP contribution in [0.4, 0.5) is 0 Å². The van der Waals surface area contributed by atoms with E-state index in [1.807, 2.05) is 19.1 Å². The van der Waals surface area contributed by atoms with Crippen LogP contribution in [0, 0.1) is 0 Å². The average molecular weight is 152 g/mol. The molecule has 1 rings (SSSR count). The van der Waals surface area contributed by atoms with Crippen LogP contribution in [0.25, 0.3) is 6.08 Å². The number of aliphatic hydroxyl groups is 1. The molecule has 1 N–H and O–H groups in total. The summed E-state index contributed by atoms with van der Waals surface area (Å²) < 4.78 is 5.03. The molecule has 11 heavy (non-hydrogen) atoms. The molecule has 0 aromatic carbocycles. The highest BCUT2D eigenvalue weighted by Crippen LogP contribution is 2.03. The van der Waals surface area contributed by atoms with Gasteiger partial charge in [-0.2, -0.15) is 0 Å². The molecule has 1 aromatic rings. The molecule has 0 radical (unpaired) electrons. The molecule has 0 spiro atoms. The summed E-state index contributed by atoms with van der Waals surface area (Å²) >= 11 is 0. The fourth-order valence-corrected chi connectivity index (χ4v) is 0.728. The van der Waals surface area contributed by atoms with E-state index in [1.54, 1.807) is 18.4 Å². The Morgan fingerprint density at radius 1 is 1.73 bits per heavy atom. The van der Waals surface area contributed by atoms with Crippen molar-refractivity contribution in [1.29, 1.82) is 0 Å². The third-order valence-electron chi connectivity index (χ3n) is 1.44. The Morgan fingerprint density at radius 2 is 2.55 bits per heavy atom. The number of rotatable bonds is 3. The summed E-state index contributed by atoms with van der Waals surface area (Å²) in [5, 5.41) is 9.13. The first-order chi connectivity index (χ1) is 5.33. The first-order valence-electron chi connectivity index (χ1n) is 3.72. The van der Waals surface area contributed by atoms with Crippen LogP contribution in [0.2, 0.25) is 0 Å². The second-order valence-corrected chi connectivity index (χ2v) is 2.35. The summed E-state index contributed by atoms with van der Waals surface area (Å²) in [6.45, 7) is 1.93. The highest BCUT2D eigenvalue weighted by atomic mass is 16.3. The normalized spacial score (nSPS) is 14.0.